The summed E-state index contributed by atoms with van der Waals surface area (Å²) in [6, 6.07) is 24.3. The number of hydrogen-bond donors (Lipinski definition) is 1. The quantitative estimate of drug-likeness (QED) is 0.204. The van der Waals surface area contributed by atoms with Gasteiger partial charge in [0.2, 0.25) is 0 Å². The first kappa shape index (κ1) is 33.7. The van der Waals surface area contributed by atoms with E-state index in [9.17, 15) is 23.4 Å². The van der Waals surface area contributed by atoms with Crippen LogP contribution >= 0.6 is 0 Å². The van der Waals surface area contributed by atoms with Crippen molar-refractivity contribution >= 4 is 40.4 Å². The first-order chi connectivity index (χ1) is 23.4. The predicted octanol–water partition coefficient (Wildman–Crippen LogP) is 4.77. The topological polar surface area (TPSA) is 132 Å². The number of benzene rings is 3. The van der Waals surface area contributed by atoms with Gasteiger partial charge in [0.05, 0.1) is 23.7 Å². The molecule has 3 heterocycles. The standard InChI is InChI=1S/C37H37N3O8S/c1-37(2,3)48-36(44)38-29-33(42)40-30(35(43)47-31(23-12-7-5-8-13-23)24-14-9-6-10-15-24)26(22-49(45)34(29)40)20-25-18-19-39(32(25)41)27-16-11-17-28(21-27)46-4/h5-17,20-21,29,31,34H,18-19,22H2,1-4H3,(H,38,44)/b25-20+/t29-,34-,49?/m1/s1. The number of rotatable bonds is 8. The highest BCUT2D eigenvalue weighted by atomic mass is 32.2. The number of anilines is 1. The van der Waals surface area contributed by atoms with E-state index in [1.54, 1.807) is 63.1 Å². The minimum absolute atomic E-state index is 0.117. The van der Waals surface area contributed by atoms with Gasteiger partial charge in [0.25, 0.3) is 11.8 Å². The van der Waals surface area contributed by atoms with E-state index < -0.39 is 51.9 Å². The highest BCUT2D eigenvalue weighted by Gasteiger charge is 2.58. The molecule has 0 aliphatic carbocycles. The van der Waals surface area contributed by atoms with Crippen LogP contribution in [-0.2, 0) is 34.7 Å². The van der Waals surface area contributed by atoms with Gasteiger partial charge in [-0.15, -0.1) is 0 Å². The number of nitrogens with zero attached hydrogens (tertiary/aromatic N) is 2. The zero-order valence-corrected chi connectivity index (χ0v) is 28.4. The molecule has 0 spiro atoms. The number of hydrogen-bond acceptors (Lipinski definition) is 8. The van der Waals surface area contributed by atoms with Crippen LogP contribution in [0, 0.1) is 0 Å². The Bertz CT molecular complexity index is 1830. The lowest BCUT2D eigenvalue weighted by Crippen LogP contribution is -2.73. The predicted molar refractivity (Wildman–Crippen MR) is 183 cm³/mol. The van der Waals surface area contributed by atoms with Crippen LogP contribution in [0.5, 0.6) is 5.75 Å². The molecule has 12 heteroatoms. The van der Waals surface area contributed by atoms with Crippen LogP contribution in [0.25, 0.3) is 0 Å². The molecule has 254 valence electrons. The molecular formula is C37H37N3O8S. The lowest BCUT2D eigenvalue weighted by Gasteiger charge is -2.49. The highest BCUT2D eigenvalue weighted by Crippen LogP contribution is 2.39. The SMILES string of the molecule is COc1cccc(N2CC/C(=C\C3=C(C(=O)OC(c4ccccc4)c4ccccc4)N4C(=O)[C@@H](NC(=O)OC(C)(C)C)[C@H]4S(=O)C3)C2=O)c1. The number of carbonyl (C=O) groups excluding carboxylic acids is 4. The fourth-order valence-electron chi connectivity index (χ4n) is 6.07. The molecule has 0 radical (unpaired) electrons. The first-order valence-corrected chi connectivity index (χ1v) is 17.2. The van der Waals surface area contributed by atoms with Crippen molar-refractivity contribution in [1.29, 1.82) is 0 Å². The molecular weight excluding hydrogens is 646 g/mol. The van der Waals surface area contributed by atoms with E-state index in [4.69, 9.17) is 14.2 Å². The van der Waals surface area contributed by atoms with Crippen molar-refractivity contribution < 1.29 is 37.6 Å². The maximum Gasteiger partial charge on any atom is 0.408 e. The van der Waals surface area contributed by atoms with Gasteiger partial charge >= 0.3 is 12.1 Å². The molecule has 1 unspecified atom stereocenters. The summed E-state index contributed by atoms with van der Waals surface area (Å²) >= 11 is 0. The van der Waals surface area contributed by atoms with Crippen LogP contribution in [-0.4, -0.2) is 69.4 Å². The van der Waals surface area contributed by atoms with Gasteiger partial charge in [0, 0.05) is 23.9 Å². The third-order valence-electron chi connectivity index (χ3n) is 8.29. The number of methoxy groups -OCH3 is 1. The van der Waals surface area contributed by atoms with Gasteiger partial charge in [0.1, 0.15) is 28.5 Å². The van der Waals surface area contributed by atoms with Gasteiger partial charge < -0.3 is 24.4 Å². The molecule has 2 saturated heterocycles. The van der Waals surface area contributed by atoms with Crippen molar-refractivity contribution in [3.63, 3.8) is 0 Å². The fourth-order valence-corrected chi connectivity index (χ4v) is 7.70. The summed E-state index contributed by atoms with van der Waals surface area (Å²) in [4.78, 5) is 57.0. The molecule has 3 amide bonds. The largest absolute Gasteiger partial charge is 0.497 e. The molecule has 3 aromatic carbocycles. The highest BCUT2D eigenvalue weighted by molar-refractivity contribution is 7.86. The van der Waals surface area contributed by atoms with Crippen LogP contribution in [0.3, 0.4) is 0 Å². The van der Waals surface area contributed by atoms with Crippen molar-refractivity contribution in [2.45, 2.75) is 50.3 Å². The minimum Gasteiger partial charge on any atom is -0.497 e. The Hall–Kier alpha value is -5.23. The molecule has 2 fully saturated rings. The summed E-state index contributed by atoms with van der Waals surface area (Å²) in [5.41, 5.74) is 1.74. The molecule has 0 bridgehead atoms. The number of β-lactam (4-membered cyclic amide) rings is 1. The second-order valence-electron chi connectivity index (χ2n) is 12.8. The maximum absolute atomic E-state index is 14.3. The Morgan fingerprint density at radius 2 is 1.61 bits per heavy atom. The number of alkyl carbamates (subject to hydrolysis) is 1. The van der Waals surface area contributed by atoms with E-state index in [1.807, 2.05) is 60.7 Å². The molecule has 3 atom stereocenters. The van der Waals surface area contributed by atoms with Crippen LogP contribution in [0.1, 0.15) is 44.4 Å². The van der Waals surface area contributed by atoms with Gasteiger partial charge in [-0.2, -0.15) is 0 Å². The van der Waals surface area contributed by atoms with Gasteiger partial charge in [-0.25, -0.2) is 9.59 Å². The van der Waals surface area contributed by atoms with E-state index in [1.165, 1.54) is 0 Å². The Labute approximate surface area is 287 Å². The smallest absolute Gasteiger partial charge is 0.408 e. The van der Waals surface area contributed by atoms with Crippen molar-refractivity contribution in [3.05, 3.63) is 119 Å². The van der Waals surface area contributed by atoms with Crippen LogP contribution in [0.15, 0.2) is 108 Å². The number of amides is 3. The van der Waals surface area contributed by atoms with E-state index in [0.717, 1.165) is 4.90 Å². The zero-order valence-electron chi connectivity index (χ0n) is 27.6. The van der Waals surface area contributed by atoms with E-state index in [2.05, 4.69) is 5.32 Å². The summed E-state index contributed by atoms with van der Waals surface area (Å²) in [6.07, 6.45) is 0.234. The summed E-state index contributed by atoms with van der Waals surface area (Å²) in [5.74, 6) is -1.31. The monoisotopic (exact) mass is 683 g/mol. The molecule has 49 heavy (non-hydrogen) atoms. The van der Waals surface area contributed by atoms with Gasteiger partial charge in [-0.05, 0) is 62.1 Å². The van der Waals surface area contributed by atoms with Crippen molar-refractivity contribution in [1.82, 2.24) is 10.2 Å². The summed E-state index contributed by atoms with van der Waals surface area (Å²) < 4.78 is 30.6. The number of allylic oxidation sites excluding steroid dienone is 1. The fraction of sp³-hybridized carbons (Fsp3) is 0.297. The lowest BCUT2D eigenvalue weighted by molar-refractivity contribution is -0.153. The first-order valence-electron chi connectivity index (χ1n) is 15.9. The van der Waals surface area contributed by atoms with Crippen molar-refractivity contribution in [2.75, 3.05) is 24.3 Å². The second-order valence-corrected chi connectivity index (χ2v) is 14.3. The molecule has 6 rings (SSSR count). The molecule has 3 aliphatic rings. The van der Waals surface area contributed by atoms with Crippen molar-refractivity contribution in [3.8, 4) is 5.75 Å². The number of ether oxygens (including phenoxy) is 3. The van der Waals surface area contributed by atoms with E-state index >= 15 is 0 Å². The average molecular weight is 684 g/mol. The average Bonchev–Trinajstić information content (AvgIpc) is 3.45. The minimum atomic E-state index is -1.75. The number of nitrogens with one attached hydrogen (secondary N) is 1. The summed E-state index contributed by atoms with van der Waals surface area (Å²) in [7, 11) is -0.201. The second kappa shape index (κ2) is 13.7. The summed E-state index contributed by atoms with van der Waals surface area (Å²) in [5, 5.41) is 1.49. The van der Waals surface area contributed by atoms with Gasteiger partial charge in [0.15, 0.2) is 6.10 Å². The Balaban J connectivity index is 1.37. The number of carbonyl (C=O) groups is 4. The Morgan fingerprint density at radius 3 is 2.22 bits per heavy atom. The molecule has 11 nitrogen and oxygen atoms in total. The molecule has 3 aromatic rings. The van der Waals surface area contributed by atoms with E-state index in [-0.39, 0.29) is 22.9 Å². The third kappa shape index (κ3) is 7.00. The van der Waals surface area contributed by atoms with Crippen LogP contribution in [0.2, 0.25) is 0 Å². The molecule has 3 aliphatic heterocycles. The Kier molecular flexibility index (Phi) is 9.42. The number of esters is 1. The lowest BCUT2D eigenvalue weighted by atomic mass is 10.00. The van der Waals surface area contributed by atoms with Crippen molar-refractivity contribution in [2.24, 2.45) is 0 Å². The molecule has 0 saturated carbocycles. The zero-order chi connectivity index (χ0) is 34.9. The summed E-state index contributed by atoms with van der Waals surface area (Å²) in [6.45, 7) is 5.44. The van der Waals surface area contributed by atoms with E-state index in [0.29, 0.717) is 41.1 Å². The number of fused-ring (bicyclic) bond motifs is 1. The third-order valence-corrected chi connectivity index (χ3v) is 9.91. The Morgan fingerprint density at radius 1 is 0.959 bits per heavy atom. The normalized spacial score (nSPS) is 21.4. The molecule has 1 N–H and O–H groups in total. The molecule has 0 aromatic heterocycles. The maximum atomic E-state index is 14.3. The van der Waals surface area contributed by atoms with Gasteiger partial charge in [-0.1, -0.05) is 66.7 Å². The van der Waals surface area contributed by atoms with Crippen LogP contribution < -0.4 is 15.0 Å². The van der Waals surface area contributed by atoms with Gasteiger partial charge in [-0.3, -0.25) is 18.7 Å². The van der Waals surface area contributed by atoms with Crippen LogP contribution in [0.4, 0.5) is 10.5 Å².